The standard InChI is InChI=1S/C17H20BrNO2S/c1-4-12(2)14-5-8-16(9-6-14)22(20,21)19-15-7-10-17(18)13(3)11-15/h5-12,19H,4H2,1-3H3. The Labute approximate surface area is 140 Å². The van der Waals surface area contributed by atoms with E-state index in [1.165, 1.54) is 0 Å². The van der Waals surface area contributed by atoms with Crippen molar-refractivity contribution < 1.29 is 8.42 Å². The molecule has 0 aromatic heterocycles. The lowest BCUT2D eigenvalue weighted by Gasteiger charge is -2.12. The average molecular weight is 382 g/mol. The summed E-state index contributed by atoms with van der Waals surface area (Å²) in [5.41, 5.74) is 2.69. The molecule has 0 aliphatic rings. The van der Waals surface area contributed by atoms with E-state index in [-0.39, 0.29) is 4.90 Å². The largest absolute Gasteiger partial charge is 0.280 e. The van der Waals surface area contributed by atoms with Crippen molar-refractivity contribution in [2.75, 3.05) is 4.72 Å². The summed E-state index contributed by atoms with van der Waals surface area (Å²) in [5.74, 6) is 0.429. The SMILES string of the molecule is CCC(C)c1ccc(S(=O)(=O)Nc2ccc(Br)c(C)c2)cc1. The molecule has 1 unspecified atom stereocenters. The van der Waals surface area contributed by atoms with Gasteiger partial charge in [0.2, 0.25) is 0 Å². The zero-order valence-corrected chi connectivity index (χ0v) is 15.3. The molecule has 22 heavy (non-hydrogen) atoms. The van der Waals surface area contributed by atoms with E-state index in [2.05, 4.69) is 34.5 Å². The third kappa shape index (κ3) is 3.90. The van der Waals surface area contributed by atoms with Gasteiger partial charge in [-0.25, -0.2) is 8.42 Å². The van der Waals surface area contributed by atoms with E-state index in [1.54, 1.807) is 24.3 Å². The summed E-state index contributed by atoms with van der Waals surface area (Å²) < 4.78 is 28.4. The van der Waals surface area contributed by atoms with E-state index in [0.29, 0.717) is 11.6 Å². The molecule has 1 atom stereocenters. The van der Waals surface area contributed by atoms with Crippen LogP contribution in [0.5, 0.6) is 0 Å². The second-order valence-electron chi connectivity index (χ2n) is 5.45. The fourth-order valence-corrected chi connectivity index (χ4v) is 3.43. The highest BCUT2D eigenvalue weighted by Crippen LogP contribution is 2.24. The van der Waals surface area contributed by atoms with Gasteiger partial charge in [-0.05, 0) is 60.7 Å². The zero-order chi connectivity index (χ0) is 16.3. The minimum Gasteiger partial charge on any atom is -0.280 e. The molecule has 5 heteroatoms. The molecule has 0 spiro atoms. The van der Waals surface area contributed by atoms with Gasteiger partial charge in [0.05, 0.1) is 4.90 Å². The fourth-order valence-electron chi connectivity index (χ4n) is 2.13. The Morgan fingerprint density at radius 3 is 2.32 bits per heavy atom. The molecule has 0 radical (unpaired) electrons. The number of anilines is 1. The molecule has 2 aromatic carbocycles. The van der Waals surface area contributed by atoms with E-state index < -0.39 is 10.0 Å². The minimum absolute atomic E-state index is 0.278. The summed E-state index contributed by atoms with van der Waals surface area (Å²) in [6.45, 7) is 6.17. The van der Waals surface area contributed by atoms with Crippen LogP contribution >= 0.6 is 15.9 Å². The molecule has 3 nitrogen and oxygen atoms in total. The molecule has 0 amide bonds. The molecule has 0 aliphatic heterocycles. The number of rotatable bonds is 5. The van der Waals surface area contributed by atoms with Crippen molar-refractivity contribution in [1.29, 1.82) is 0 Å². The third-order valence-electron chi connectivity index (χ3n) is 3.78. The highest BCUT2D eigenvalue weighted by Gasteiger charge is 2.15. The maximum Gasteiger partial charge on any atom is 0.261 e. The first-order valence-corrected chi connectivity index (χ1v) is 9.50. The van der Waals surface area contributed by atoms with Gasteiger partial charge in [0.15, 0.2) is 0 Å². The molecule has 0 fully saturated rings. The number of nitrogens with one attached hydrogen (secondary N) is 1. The molecular formula is C17H20BrNO2S. The van der Waals surface area contributed by atoms with E-state index in [0.717, 1.165) is 22.0 Å². The Morgan fingerprint density at radius 2 is 1.77 bits per heavy atom. The molecule has 2 aromatic rings. The Balaban J connectivity index is 2.24. The van der Waals surface area contributed by atoms with Crippen LogP contribution in [0.25, 0.3) is 0 Å². The van der Waals surface area contributed by atoms with Crippen molar-refractivity contribution in [3.8, 4) is 0 Å². The summed E-state index contributed by atoms with van der Waals surface area (Å²) in [7, 11) is -3.56. The van der Waals surface area contributed by atoms with Gasteiger partial charge < -0.3 is 0 Å². The van der Waals surface area contributed by atoms with Crippen LogP contribution in [-0.4, -0.2) is 8.42 Å². The minimum atomic E-state index is -3.56. The number of hydrogen-bond acceptors (Lipinski definition) is 2. The van der Waals surface area contributed by atoms with Crippen molar-refractivity contribution >= 4 is 31.6 Å². The van der Waals surface area contributed by atoms with Gasteiger partial charge in [0.25, 0.3) is 10.0 Å². The van der Waals surface area contributed by atoms with Crippen LogP contribution in [-0.2, 0) is 10.0 Å². The molecule has 0 heterocycles. The fraction of sp³-hybridized carbons (Fsp3) is 0.294. The van der Waals surface area contributed by atoms with Gasteiger partial charge in [-0.15, -0.1) is 0 Å². The lowest BCUT2D eigenvalue weighted by molar-refractivity contribution is 0.601. The zero-order valence-electron chi connectivity index (χ0n) is 12.9. The van der Waals surface area contributed by atoms with Crippen LogP contribution in [0.2, 0.25) is 0 Å². The number of aryl methyl sites for hydroxylation is 1. The van der Waals surface area contributed by atoms with Crippen molar-refractivity contribution in [3.05, 3.63) is 58.1 Å². The summed E-state index contributed by atoms with van der Waals surface area (Å²) in [6, 6.07) is 12.5. The van der Waals surface area contributed by atoms with Gasteiger partial charge in [0, 0.05) is 10.2 Å². The van der Waals surface area contributed by atoms with Gasteiger partial charge in [-0.1, -0.05) is 41.9 Å². The van der Waals surface area contributed by atoms with Crippen LogP contribution in [0.15, 0.2) is 51.8 Å². The lowest BCUT2D eigenvalue weighted by Crippen LogP contribution is -2.13. The Kier molecular flexibility index (Phi) is 5.29. The van der Waals surface area contributed by atoms with E-state index in [1.807, 2.05) is 25.1 Å². The van der Waals surface area contributed by atoms with Crippen molar-refractivity contribution in [2.45, 2.75) is 38.0 Å². The van der Waals surface area contributed by atoms with Crippen LogP contribution in [0.1, 0.15) is 37.3 Å². The topological polar surface area (TPSA) is 46.2 Å². The Hall–Kier alpha value is -1.33. The molecule has 0 saturated carbocycles. The highest BCUT2D eigenvalue weighted by molar-refractivity contribution is 9.10. The first-order valence-electron chi connectivity index (χ1n) is 7.22. The van der Waals surface area contributed by atoms with Crippen LogP contribution in [0.4, 0.5) is 5.69 Å². The van der Waals surface area contributed by atoms with Crippen molar-refractivity contribution in [1.82, 2.24) is 0 Å². The predicted molar refractivity (Wildman–Crippen MR) is 94.8 cm³/mol. The molecule has 1 N–H and O–H groups in total. The van der Waals surface area contributed by atoms with Gasteiger partial charge in [-0.3, -0.25) is 4.72 Å². The second kappa shape index (κ2) is 6.84. The number of hydrogen-bond donors (Lipinski definition) is 1. The maximum absolute atomic E-state index is 12.4. The number of benzene rings is 2. The first kappa shape index (κ1) is 17.0. The van der Waals surface area contributed by atoms with Crippen LogP contribution in [0, 0.1) is 6.92 Å². The summed E-state index contributed by atoms with van der Waals surface area (Å²) >= 11 is 3.40. The summed E-state index contributed by atoms with van der Waals surface area (Å²) in [5, 5.41) is 0. The quantitative estimate of drug-likeness (QED) is 0.785. The number of halogens is 1. The first-order chi connectivity index (χ1) is 10.3. The maximum atomic E-state index is 12.4. The molecule has 2 rings (SSSR count). The molecule has 0 aliphatic carbocycles. The van der Waals surface area contributed by atoms with Gasteiger partial charge in [0.1, 0.15) is 0 Å². The van der Waals surface area contributed by atoms with Crippen LogP contribution in [0.3, 0.4) is 0 Å². The molecule has 0 bridgehead atoms. The summed E-state index contributed by atoms with van der Waals surface area (Å²) in [4.78, 5) is 0.278. The molecular weight excluding hydrogens is 362 g/mol. The van der Waals surface area contributed by atoms with E-state index in [9.17, 15) is 8.42 Å². The normalized spacial score (nSPS) is 12.9. The second-order valence-corrected chi connectivity index (χ2v) is 7.98. The van der Waals surface area contributed by atoms with Gasteiger partial charge in [-0.2, -0.15) is 0 Å². The van der Waals surface area contributed by atoms with Crippen LogP contribution < -0.4 is 4.72 Å². The highest BCUT2D eigenvalue weighted by atomic mass is 79.9. The summed E-state index contributed by atoms with van der Waals surface area (Å²) in [6.07, 6.45) is 1.03. The number of sulfonamides is 1. The third-order valence-corrected chi connectivity index (χ3v) is 6.07. The average Bonchev–Trinajstić information content (AvgIpc) is 2.50. The lowest BCUT2D eigenvalue weighted by atomic mass is 9.99. The smallest absolute Gasteiger partial charge is 0.261 e. The Morgan fingerprint density at radius 1 is 1.14 bits per heavy atom. The molecule has 118 valence electrons. The van der Waals surface area contributed by atoms with Gasteiger partial charge >= 0.3 is 0 Å². The van der Waals surface area contributed by atoms with Crippen molar-refractivity contribution in [2.24, 2.45) is 0 Å². The van der Waals surface area contributed by atoms with Crippen molar-refractivity contribution in [3.63, 3.8) is 0 Å². The van der Waals surface area contributed by atoms with E-state index in [4.69, 9.17) is 0 Å². The monoisotopic (exact) mass is 381 g/mol. The Bertz CT molecular complexity index is 755. The molecule has 0 saturated heterocycles. The predicted octanol–water partition coefficient (Wildman–Crippen LogP) is 5.07. The van der Waals surface area contributed by atoms with E-state index >= 15 is 0 Å².